The first-order valence-electron chi connectivity index (χ1n) is 4.70. The van der Waals surface area contributed by atoms with E-state index in [0.29, 0.717) is 6.42 Å². The number of hydrogen-bond donors (Lipinski definition) is 2. The first-order chi connectivity index (χ1) is 6.65. The Labute approximate surface area is 83.8 Å². The second kappa shape index (κ2) is 4.65. The van der Waals surface area contributed by atoms with Crippen LogP contribution in [0.3, 0.4) is 0 Å². The zero-order chi connectivity index (χ0) is 10.6. The van der Waals surface area contributed by atoms with Gasteiger partial charge in [0.15, 0.2) is 0 Å². The van der Waals surface area contributed by atoms with E-state index in [2.05, 4.69) is 5.32 Å². The summed E-state index contributed by atoms with van der Waals surface area (Å²) in [5, 5.41) is 11.9. The summed E-state index contributed by atoms with van der Waals surface area (Å²) < 4.78 is 0. The summed E-state index contributed by atoms with van der Waals surface area (Å²) in [7, 11) is 0. The minimum Gasteiger partial charge on any atom is -0.480 e. The predicted molar refractivity (Wildman–Crippen MR) is 56.5 cm³/mol. The number of aliphatic carboxylic acids is 1. The number of rotatable bonds is 4. The predicted octanol–water partition coefficient (Wildman–Crippen LogP) is 2.27. The molecule has 0 amide bonds. The molecule has 1 aromatic rings. The minimum atomic E-state index is -0.809. The summed E-state index contributed by atoms with van der Waals surface area (Å²) in [6.07, 6.45) is 0.573. The Hall–Kier alpha value is -1.51. The third kappa shape index (κ3) is 2.49. The molecule has 3 heteroatoms. The van der Waals surface area contributed by atoms with Crippen molar-refractivity contribution >= 4 is 11.7 Å². The number of para-hydroxylation sites is 1. The molecule has 1 rings (SSSR count). The zero-order valence-electron chi connectivity index (χ0n) is 8.45. The highest BCUT2D eigenvalue weighted by Crippen LogP contribution is 2.15. The Balaban J connectivity index is 2.77. The maximum absolute atomic E-state index is 10.8. The summed E-state index contributed by atoms with van der Waals surface area (Å²) in [4.78, 5) is 10.8. The molecule has 3 nitrogen and oxygen atoms in total. The fourth-order valence-corrected chi connectivity index (χ4v) is 1.26. The van der Waals surface area contributed by atoms with E-state index < -0.39 is 12.0 Å². The maximum Gasteiger partial charge on any atom is 0.326 e. The molecule has 14 heavy (non-hydrogen) atoms. The highest BCUT2D eigenvalue weighted by molar-refractivity contribution is 5.77. The van der Waals surface area contributed by atoms with Gasteiger partial charge in [-0.1, -0.05) is 25.1 Å². The van der Waals surface area contributed by atoms with Gasteiger partial charge in [0.25, 0.3) is 0 Å². The first-order valence-corrected chi connectivity index (χ1v) is 4.70. The summed E-state index contributed by atoms with van der Waals surface area (Å²) in [5.74, 6) is -0.809. The molecule has 0 aliphatic rings. The molecule has 0 radical (unpaired) electrons. The monoisotopic (exact) mass is 193 g/mol. The van der Waals surface area contributed by atoms with Crippen LogP contribution in [0.25, 0.3) is 0 Å². The van der Waals surface area contributed by atoms with Crippen LogP contribution in [0.5, 0.6) is 0 Å². The van der Waals surface area contributed by atoms with Gasteiger partial charge in [-0.3, -0.25) is 0 Å². The van der Waals surface area contributed by atoms with E-state index in [1.807, 2.05) is 38.1 Å². The Morgan fingerprint density at radius 2 is 2.14 bits per heavy atom. The standard InChI is InChI=1S/C11H15NO2/c1-3-9(11(13)14)12-10-7-5-4-6-8(10)2/h4-7,9,12H,3H2,1-2H3,(H,13,14). The van der Waals surface area contributed by atoms with Crippen LogP contribution in [0.15, 0.2) is 24.3 Å². The van der Waals surface area contributed by atoms with Crippen molar-refractivity contribution < 1.29 is 9.90 Å². The van der Waals surface area contributed by atoms with Crippen molar-refractivity contribution in [1.82, 2.24) is 0 Å². The molecular weight excluding hydrogens is 178 g/mol. The normalized spacial score (nSPS) is 12.1. The summed E-state index contributed by atoms with van der Waals surface area (Å²) in [6, 6.07) is 7.17. The summed E-state index contributed by atoms with van der Waals surface area (Å²) in [6.45, 7) is 3.81. The number of anilines is 1. The van der Waals surface area contributed by atoms with Gasteiger partial charge in [-0.15, -0.1) is 0 Å². The quantitative estimate of drug-likeness (QED) is 0.771. The fourth-order valence-electron chi connectivity index (χ4n) is 1.26. The molecule has 0 aliphatic heterocycles. The van der Waals surface area contributed by atoms with E-state index >= 15 is 0 Å². The molecule has 0 aliphatic carbocycles. The minimum absolute atomic E-state index is 0.504. The summed E-state index contributed by atoms with van der Waals surface area (Å²) >= 11 is 0. The average molecular weight is 193 g/mol. The maximum atomic E-state index is 10.8. The average Bonchev–Trinajstić information content (AvgIpc) is 2.16. The lowest BCUT2D eigenvalue weighted by Crippen LogP contribution is -2.28. The van der Waals surface area contributed by atoms with E-state index in [1.54, 1.807) is 0 Å². The molecule has 76 valence electrons. The van der Waals surface area contributed by atoms with Gasteiger partial charge in [0, 0.05) is 5.69 Å². The van der Waals surface area contributed by atoms with Gasteiger partial charge in [-0.2, -0.15) is 0 Å². The van der Waals surface area contributed by atoms with Crippen molar-refractivity contribution in [3.05, 3.63) is 29.8 Å². The highest BCUT2D eigenvalue weighted by atomic mass is 16.4. The molecule has 1 unspecified atom stereocenters. The second-order valence-corrected chi connectivity index (χ2v) is 3.26. The number of aryl methyl sites for hydroxylation is 1. The third-order valence-electron chi connectivity index (χ3n) is 2.18. The van der Waals surface area contributed by atoms with Crippen molar-refractivity contribution in [2.24, 2.45) is 0 Å². The molecule has 0 saturated heterocycles. The smallest absolute Gasteiger partial charge is 0.326 e. The number of nitrogens with one attached hydrogen (secondary N) is 1. The van der Waals surface area contributed by atoms with E-state index in [0.717, 1.165) is 11.3 Å². The van der Waals surface area contributed by atoms with Gasteiger partial charge < -0.3 is 10.4 Å². The van der Waals surface area contributed by atoms with Crippen molar-refractivity contribution in [2.45, 2.75) is 26.3 Å². The number of carboxylic acids is 1. The molecule has 0 spiro atoms. The van der Waals surface area contributed by atoms with Gasteiger partial charge in [0.1, 0.15) is 6.04 Å². The molecule has 0 saturated carbocycles. The largest absolute Gasteiger partial charge is 0.480 e. The molecule has 0 aromatic heterocycles. The lowest BCUT2D eigenvalue weighted by Gasteiger charge is -2.15. The van der Waals surface area contributed by atoms with Crippen LogP contribution < -0.4 is 5.32 Å². The molecule has 0 bridgehead atoms. The lowest BCUT2D eigenvalue weighted by molar-refractivity contribution is -0.137. The van der Waals surface area contributed by atoms with Crippen LogP contribution >= 0.6 is 0 Å². The third-order valence-corrected chi connectivity index (χ3v) is 2.18. The second-order valence-electron chi connectivity index (χ2n) is 3.26. The molecule has 1 atom stereocenters. The number of hydrogen-bond acceptors (Lipinski definition) is 2. The fraction of sp³-hybridized carbons (Fsp3) is 0.364. The van der Waals surface area contributed by atoms with E-state index in [1.165, 1.54) is 0 Å². The van der Waals surface area contributed by atoms with Crippen LogP contribution in [0.1, 0.15) is 18.9 Å². The van der Waals surface area contributed by atoms with Crippen LogP contribution in [0.2, 0.25) is 0 Å². The van der Waals surface area contributed by atoms with Crippen LogP contribution in [0, 0.1) is 6.92 Å². The number of benzene rings is 1. The summed E-state index contributed by atoms with van der Waals surface area (Å²) in [5.41, 5.74) is 1.95. The highest BCUT2D eigenvalue weighted by Gasteiger charge is 2.14. The van der Waals surface area contributed by atoms with Gasteiger partial charge in [-0.05, 0) is 25.0 Å². The van der Waals surface area contributed by atoms with Crippen LogP contribution in [-0.4, -0.2) is 17.1 Å². The van der Waals surface area contributed by atoms with Crippen LogP contribution in [0.4, 0.5) is 5.69 Å². The molecule has 0 fully saturated rings. The van der Waals surface area contributed by atoms with E-state index in [9.17, 15) is 4.79 Å². The molecular formula is C11H15NO2. The topological polar surface area (TPSA) is 49.3 Å². The Kier molecular flexibility index (Phi) is 3.51. The zero-order valence-corrected chi connectivity index (χ0v) is 8.45. The molecule has 2 N–H and O–H groups in total. The van der Waals surface area contributed by atoms with Crippen molar-refractivity contribution in [1.29, 1.82) is 0 Å². The molecule has 1 aromatic carbocycles. The van der Waals surface area contributed by atoms with Gasteiger partial charge >= 0.3 is 5.97 Å². The Bertz CT molecular complexity index is 323. The van der Waals surface area contributed by atoms with Gasteiger partial charge in [0.2, 0.25) is 0 Å². The van der Waals surface area contributed by atoms with Crippen molar-refractivity contribution in [3.63, 3.8) is 0 Å². The Morgan fingerprint density at radius 3 is 2.64 bits per heavy atom. The van der Waals surface area contributed by atoms with Crippen molar-refractivity contribution in [2.75, 3.05) is 5.32 Å². The van der Waals surface area contributed by atoms with Gasteiger partial charge in [0.05, 0.1) is 0 Å². The first kappa shape index (κ1) is 10.6. The number of carbonyl (C=O) groups is 1. The van der Waals surface area contributed by atoms with E-state index in [-0.39, 0.29) is 0 Å². The Morgan fingerprint density at radius 1 is 1.50 bits per heavy atom. The van der Waals surface area contributed by atoms with Crippen LogP contribution in [-0.2, 0) is 4.79 Å². The van der Waals surface area contributed by atoms with Crippen molar-refractivity contribution in [3.8, 4) is 0 Å². The van der Waals surface area contributed by atoms with E-state index in [4.69, 9.17) is 5.11 Å². The SMILES string of the molecule is CCC(Nc1ccccc1C)C(=O)O. The van der Waals surface area contributed by atoms with Gasteiger partial charge in [-0.25, -0.2) is 4.79 Å². The molecule has 0 heterocycles. The lowest BCUT2D eigenvalue weighted by atomic mass is 10.1. The number of carboxylic acid groups (broad SMARTS) is 1.